The van der Waals surface area contributed by atoms with Crippen LogP contribution in [-0.4, -0.2) is 23.1 Å². The Kier molecular flexibility index (Phi) is 5.02. The van der Waals surface area contributed by atoms with E-state index in [2.05, 4.69) is 9.97 Å². The molecule has 124 valence electrons. The van der Waals surface area contributed by atoms with E-state index in [1.165, 1.54) is 23.1 Å². The standard InChI is InChI=1S/C15H15F4N3O/c1-3-22(12-8-6-5-7-11(12)16)14-20-9-10(15(17,18)19)13(21-14)23-4-2/h5-9H,3-4H2,1-2H3. The van der Waals surface area contributed by atoms with Gasteiger partial charge in [0.1, 0.15) is 11.4 Å². The first-order valence-electron chi connectivity index (χ1n) is 6.97. The smallest absolute Gasteiger partial charge is 0.423 e. The van der Waals surface area contributed by atoms with Gasteiger partial charge in [0, 0.05) is 12.7 Å². The van der Waals surface area contributed by atoms with Gasteiger partial charge in [-0.1, -0.05) is 12.1 Å². The molecule has 0 N–H and O–H groups in total. The van der Waals surface area contributed by atoms with Crippen LogP contribution in [0.25, 0.3) is 0 Å². The van der Waals surface area contributed by atoms with Gasteiger partial charge in [-0.15, -0.1) is 0 Å². The normalized spacial score (nSPS) is 11.4. The zero-order valence-corrected chi connectivity index (χ0v) is 12.6. The van der Waals surface area contributed by atoms with Crippen molar-refractivity contribution in [3.8, 4) is 5.88 Å². The minimum atomic E-state index is -4.63. The second-order valence-electron chi connectivity index (χ2n) is 4.52. The predicted octanol–water partition coefficient (Wildman–Crippen LogP) is 4.19. The first kappa shape index (κ1) is 17.0. The number of alkyl halides is 3. The van der Waals surface area contributed by atoms with Gasteiger partial charge in [-0.3, -0.25) is 0 Å². The van der Waals surface area contributed by atoms with E-state index >= 15 is 0 Å². The third kappa shape index (κ3) is 3.69. The molecule has 0 fully saturated rings. The summed E-state index contributed by atoms with van der Waals surface area (Å²) in [6, 6.07) is 5.90. The SMILES string of the molecule is CCOc1nc(N(CC)c2ccccc2F)ncc1C(F)(F)F. The molecule has 0 atom stereocenters. The Bertz CT molecular complexity index is 676. The third-order valence-electron chi connectivity index (χ3n) is 3.03. The maximum Gasteiger partial charge on any atom is 0.423 e. The van der Waals surface area contributed by atoms with E-state index in [-0.39, 0.29) is 24.8 Å². The van der Waals surface area contributed by atoms with E-state index in [1.807, 2.05) is 0 Å². The van der Waals surface area contributed by atoms with Crippen molar-refractivity contribution < 1.29 is 22.3 Å². The lowest BCUT2D eigenvalue weighted by Gasteiger charge is -2.22. The molecule has 0 bridgehead atoms. The average molecular weight is 329 g/mol. The Morgan fingerprint density at radius 2 is 1.87 bits per heavy atom. The van der Waals surface area contributed by atoms with E-state index in [0.717, 1.165) is 0 Å². The highest BCUT2D eigenvalue weighted by Gasteiger charge is 2.36. The highest BCUT2D eigenvalue weighted by Crippen LogP contribution is 2.36. The Labute approximate surface area is 130 Å². The molecule has 0 unspecified atom stereocenters. The molecule has 2 rings (SSSR count). The summed E-state index contributed by atoms with van der Waals surface area (Å²) in [7, 11) is 0. The topological polar surface area (TPSA) is 38.2 Å². The average Bonchev–Trinajstić information content (AvgIpc) is 2.49. The fraction of sp³-hybridized carbons (Fsp3) is 0.333. The molecule has 0 spiro atoms. The van der Waals surface area contributed by atoms with Gasteiger partial charge in [-0.25, -0.2) is 9.37 Å². The largest absolute Gasteiger partial charge is 0.477 e. The second-order valence-corrected chi connectivity index (χ2v) is 4.52. The molecule has 4 nitrogen and oxygen atoms in total. The molecule has 0 saturated carbocycles. The van der Waals surface area contributed by atoms with E-state index < -0.39 is 23.4 Å². The van der Waals surface area contributed by atoms with E-state index in [4.69, 9.17) is 4.74 Å². The second kappa shape index (κ2) is 6.80. The van der Waals surface area contributed by atoms with E-state index in [0.29, 0.717) is 6.20 Å². The fourth-order valence-electron chi connectivity index (χ4n) is 2.02. The molecule has 23 heavy (non-hydrogen) atoms. The molecule has 0 aliphatic rings. The Hall–Kier alpha value is -2.38. The van der Waals surface area contributed by atoms with Crippen LogP contribution in [0, 0.1) is 5.82 Å². The maximum absolute atomic E-state index is 13.9. The number of hydrogen-bond donors (Lipinski definition) is 0. The van der Waals surface area contributed by atoms with Gasteiger partial charge in [0.25, 0.3) is 0 Å². The van der Waals surface area contributed by atoms with Crippen molar-refractivity contribution in [3.05, 3.63) is 41.8 Å². The lowest BCUT2D eigenvalue weighted by atomic mass is 10.2. The monoisotopic (exact) mass is 329 g/mol. The van der Waals surface area contributed by atoms with Crippen LogP contribution >= 0.6 is 0 Å². The number of para-hydroxylation sites is 1. The van der Waals surface area contributed by atoms with Crippen LogP contribution in [0.2, 0.25) is 0 Å². The molecular formula is C15H15F4N3O. The number of halogens is 4. The van der Waals surface area contributed by atoms with Gasteiger partial charge in [-0.05, 0) is 26.0 Å². The molecule has 0 radical (unpaired) electrons. The highest BCUT2D eigenvalue weighted by molar-refractivity contribution is 5.58. The number of hydrogen-bond acceptors (Lipinski definition) is 4. The number of ether oxygens (including phenoxy) is 1. The Morgan fingerprint density at radius 3 is 2.43 bits per heavy atom. The van der Waals surface area contributed by atoms with Crippen LogP contribution in [0.15, 0.2) is 30.5 Å². The predicted molar refractivity (Wildman–Crippen MR) is 77.3 cm³/mol. The molecule has 0 saturated heterocycles. The van der Waals surface area contributed by atoms with Gasteiger partial charge < -0.3 is 9.64 Å². The first-order valence-corrected chi connectivity index (χ1v) is 6.97. The van der Waals surface area contributed by atoms with Crippen molar-refractivity contribution in [1.29, 1.82) is 0 Å². The molecule has 8 heteroatoms. The summed E-state index contributed by atoms with van der Waals surface area (Å²) in [6.45, 7) is 3.56. The molecule has 0 aliphatic carbocycles. The summed E-state index contributed by atoms with van der Waals surface area (Å²) in [6.07, 6.45) is -3.98. The van der Waals surface area contributed by atoms with Crippen molar-refractivity contribution in [2.24, 2.45) is 0 Å². The van der Waals surface area contributed by atoms with Crippen LogP contribution in [-0.2, 0) is 6.18 Å². The minimum Gasteiger partial charge on any atom is -0.477 e. The fourth-order valence-corrected chi connectivity index (χ4v) is 2.02. The molecule has 0 amide bonds. The summed E-state index contributed by atoms with van der Waals surface area (Å²) < 4.78 is 57.7. The number of rotatable bonds is 5. The van der Waals surface area contributed by atoms with Crippen LogP contribution in [0.1, 0.15) is 19.4 Å². The van der Waals surface area contributed by atoms with Crippen molar-refractivity contribution in [2.45, 2.75) is 20.0 Å². The van der Waals surface area contributed by atoms with Crippen LogP contribution < -0.4 is 9.64 Å². The summed E-state index contributed by atoms with van der Waals surface area (Å²) >= 11 is 0. The van der Waals surface area contributed by atoms with Crippen molar-refractivity contribution in [3.63, 3.8) is 0 Å². The number of benzene rings is 1. The summed E-state index contributed by atoms with van der Waals surface area (Å²) in [5, 5.41) is 0. The van der Waals surface area contributed by atoms with E-state index in [1.54, 1.807) is 19.9 Å². The first-order chi connectivity index (χ1) is 10.9. The molecule has 1 aromatic carbocycles. The van der Waals surface area contributed by atoms with Crippen LogP contribution in [0.3, 0.4) is 0 Å². The number of nitrogens with zero attached hydrogens (tertiary/aromatic N) is 3. The minimum absolute atomic E-state index is 0.0192. The molecular weight excluding hydrogens is 314 g/mol. The lowest BCUT2D eigenvalue weighted by Crippen LogP contribution is -2.21. The number of aromatic nitrogens is 2. The van der Waals surface area contributed by atoms with Crippen LogP contribution in [0.5, 0.6) is 5.88 Å². The van der Waals surface area contributed by atoms with Crippen molar-refractivity contribution >= 4 is 11.6 Å². The third-order valence-corrected chi connectivity index (χ3v) is 3.03. The number of anilines is 2. The molecule has 2 aromatic rings. The summed E-state index contributed by atoms with van der Waals surface area (Å²) in [5.41, 5.74) is -0.884. The van der Waals surface area contributed by atoms with Crippen LogP contribution in [0.4, 0.5) is 29.2 Å². The van der Waals surface area contributed by atoms with Crippen molar-refractivity contribution in [2.75, 3.05) is 18.1 Å². The maximum atomic E-state index is 13.9. The summed E-state index contributed by atoms with van der Waals surface area (Å²) in [5.74, 6) is -1.15. The molecule has 1 aromatic heterocycles. The van der Waals surface area contributed by atoms with Gasteiger partial charge in [0.05, 0.1) is 12.3 Å². The highest BCUT2D eigenvalue weighted by atomic mass is 19.4. The molecule has 0 aliphatic heterocycles. The van der Waals surface area contributed by atoms with Gasteiger partial charge in [0.2, 0.25) is 11.8 Å². The van der Waals surface area contributed by atoms with Crippen molar-refractivity contribution in [1.82, 2.24) is 9.97 Å². The zero-order valence-electron chi connectivity index (χ0n) is 12.6. The lowest BCUT2D eigenvalue weighted by molar-refractivity contribution is -0.139. The van der Waals surface area contributed by atoms with Gasteiger partial charge >= 0.3 is 6.18 Å². The Balaban J connectivity index is 2.50. The summed E-state index contributed by atoms with van der Waals surface area (Å²) in [4.78, 5) is 8.92. The van der Waals surface area contributed by atoms with Gasteiger partial charge in [0.15, 0.2) is 0 Å². The van der Waals surface area contributed by atoms with E-state index in [9.17, 15) is 17.6 Å². The quantitative estimate of drug-likeness (QED) is 0.771. The Morgan fingerprint density at radius 1 is 1.17 bits per heavy atom. The van der Waals surface area contributed by atoms with Gasteiger partial charge in [-0.2, -0.15) is 18.2 Å². The zero-order chi connectivity index (χ0) is 17.0. The molecule has 1 heterocycles.